The number of carbonyl (C=O) groups excluding carboxylic acids is 1. The summed E-state index contributed by atoms with van der Waals surface area (Å²) in [5.74, 6) is 0. The zero-order chi connectivity index (χ0) is 13.4. The lowest BCUT2D eigenvalue weighted by atomic mass is 10.1. The van der Waals surface area contributed by atoms with Gasteiger partial charge in [0.15, 0.2) is 0 Å². The van der Waals surface area contributed by atoms with E-state index in [9.17, 15) is 4.79 Å². The van der Waals surface area contributed by atoms with Crippen LogP contribution >= 0.6 is 0 Å². The molecule has 3 N–H and O–H groups in total. The molecule has 1 aromatic carbocycles. The minimum absolute atomic E-state index is 0.00521. The average Bonchev–Trinajstić information content (AvgIpc) is 2.32. The summed E-state index contributed by atoms with van der Waals surface area (Å²) < 4.78 is 0. The molecule has 0 unspecified atom stereocenters. The van der Waals surface area contributed by atoms with Gasteiger partial charge in [-0.25, -0.2) is 4.79 Å². The van der Waals surface area contributed by atoms with E-state index in [1.807, 2.05) is 6.92 Å². The van der Waals surface area contributed by atoms with E-state index in [0.29, 0.717) is 13.0 Å². The average molecular weight is 250 g/mol. The Morgan fingerprint density at radius 3 is 2.61 bits per heavy atom. The normalized spacial score (nSPS) is 11.9. The molecule has 0 saturated carbocycles. The highest BCUT2D eigenvalue weighted by Crippen LogP contribution is 2.02. The Bertz CT molecular complexity index is 363. The zero-order valence-electron chi connectivity index (χ0n) is 11.1. The van der Waals surface area contributed by atoms with Gasteiger partial charge in [-0.3, -0.25) is 0 Å². The SMILES string of the molecule is Cc1ccc(CCNC(=O)N[C@H](C)CCO)cc1. The number of benzene rings is 1. The predicted molar refractivity (Wildman–Crippen MR) is 72.6 cm³/mol. The van der Waals surface area contributed by atoms with Gasteiger partial charge in [-0.15, -0.1) is 0 Å². The summed E-state index contributed by atoms with van der Waals surface area (Å²) in [6, 6.07) is 8.10. The minimum atomic E-state index is -0.178. The van der Waals surface area contributed by atoms with E-state index in [0.717, 1.165) is 6.42 Å². The van der Waals surface area contributed by atoms with Crippen molar-refractivity contribution in [2.45, 2.75) is 32.7 Å². The molecule has 0 radical (unpaired) electrons. The van der Waals surface area contributed by atoms with Crippen LogP contribution in [0.15, 0.2) is 24.3 Å². The van der Waals surface area contributed by atoms with Gasteiger partial charge < -0.3 is 15.7 Å². The second-order valence-electron chi connectivity index (χ2n) is 4.55. The molecule has 4 nitrogen and oxygen atoms in total. The van der Waals surface area contributed by atoms with Gasteiger partial charge in [0.2, 0.25) is 0 Å². The van der Waals surface area contributed by atoms with Crippen LogP contribution < -0.4 is 10.6 Å². The van der Waals surface area contributed by atoms with Crippen LogP contribution in [0.3, 0.4) is 0 Å². The predicted octanol–water partition coefficient (Wildman–Crippen LogP) is 1.61. The molecule has 0 saturated heterocycles. The molecule has 0 bridgehead atoms. The number of rotatable bonds is 6. The Hall–Kier alpha value is -1.55. The van der Waals surface area contributed by atoms with Crippen molar-refractivity contribution in [1.29, 1.82) is 0 Å². The van der Waals surface area contributed by atoms with Crippen LogP contribution in [-0.2, 0) is 6.42 Å². The van der Waals surface area contributed by atoms with Gasteiger partial charge in [0.05, 0.1) is 0 Å². The first kappa shape index (κ1) is 14.5. The maximum absolute atomic E-state index is 11.5. The molecular formula is C14H22N2O2. The van der Waals surface area contributed by atoms with Gasteiger partial charge in [-0.05, 0) is 32.3 Å². The maximum Gasteiger partial charge on any atom is 0.315 e. The Labute approximate surface area is 108 Å². The fourth-order valence-corrected chi connectivity index (χ4v) is 1.62. The maximum atomic E-state index is 11.5. The molecule has 0 heterocycles. The first-order chi connectivity index (χ1) is 8.61. The van der Waals surface area contributed by atoms with E-state index in [1.54, 1.807) is 0 Å². The van der Waals surface area contributed by atoms with E-state index in [-0.39, 0.29) is 18.7 Å². The fraction of sp³-hybridized carbons (Fsp3) is 0.500. The number of aliphatic hydroxyl groups is 1. The van der Waals surface area contributed by atoms with Crippen LogP contribution in [0.25, 0.3) is 0 Å². The fourth-order valence-electron chi connectivity index (χ4n) is 1.62. The van der Waals surface area contributed by atoms with Crippen LogP contribution in [0.4, 0.5) is 4.79 Å². The van der Waals surface area contributed by atoms with Gasteiger partial charge in [0, 0.05) is 19.2 Å². The molecule has 0 fully saturated rings. The molecule has 1 rings (SSSR count). The van der Waals surface area contributed by atoms with E-state index >= 15 is 0 Å². The molecule has 1 aromatic rings. The van der Waals surface area contributed by atoms with Crippen LogP contribution in [-0.4, -0.2) is 30.3 Å². The Kier molecular flexibility index (Phi) is 6.22. The van der Waals surface area contributed by atoms with E-state index in [1.165, 1.54) is 11.1 Å². The third-order valence-corrected chi connectivity index (χ3v) is 2.76. The molecule has 2 amide bonds. The standard InChI is InChI=1S/C14H22N2O2/c1-11-3-5-13(6-4-11)7-9-15-14(18)16-12(2)8-10-17/h3-6,12,17H,7-10H2,1-2H3,(H2,15,16,18)/t12-/m1/s1. The van der Waals surface area contributed by atoms with Crippen molar-refractivity contribution < 1.29 is 9.90 Å². The highest BCUT2D eigenvalue weighted by Gasteiger charge is 2.05. The highest BCUT2D eigenvalue weighted by molar-refractivity contribution is 5.74. The lowest BCUT2D eigenvalue weighted by Gasteiger charge is -2.13. The van der Waals surface area contributed by atoms with Crippen molar-refractivity contribution in [3.05, 3.63) is 35.4 Å². The largest absolute Gasteiger partial charge is 0.396 e. The topological polar surface area (TPSA) is 61.4 Å². The summed E-state index contributed by atoms with van der Waals surface area (Å²) in [5.41, 5.74) is 2.45. The Balaban J connectivity index is 2.21. The summed E-state index contributed by atoms with van der Waals surface area (Å²) in [4.78, 5) is 11.5. The molecule has 0 aliphatic rings. The molecule has 0 aliphatic heterocycles. The second-order valence-corrected chi connectivity index (χ2v) is 4.55. The smallest absolute Gasteiger partial charge is 0.315 e. The zero-order valence-corrected chi connectivity index (χ0v) is 11.1. The van der Waals surface area contributed by atoms with Gasteiger partial charge in [-0.2, -0.15) is 0 Å². The third kappa shape index (κ3) is 5.68. The number of nitrogens with one attached hydrogen (secondary N) is 2. The summed E-state index contributed by atoms with van der Waals surface area (Å²) in [6.07, 6.45) is 1.40. The summed E-state index contributed by atoms with van der Waals surface area (Å²) >= 11 is 0. The Morgan fingerprint density at radius 2 is 2.00 bits per heavy atom. The van der Waals surface area contributed by atoms with Crippen molar-refractivity contribution in [3.63, 3.8) is 0 Å². The van der Waals surface area contributed by atoms with Crippen molar-refractivity contribution in [2.75, 3.05) is 13.2 Å². The molecule has 100 valence electrons. The van der Waals surface area contributed by atoms with E-state index < -0.39 is 0 Å². The van der Waals surface area contributed by atoms with Gasteiger partial charge in [0.1, 0.15) is 0 Å². The monoisotopic (exact) mass is 250 g/mol. The summed E-state index contributed by atoms with van der Waals surface area (Å²) in [5, 5.41) is 14.3. The molecule has 4 heteroatoms. The molecule has 18 heavy (non-hydrogen) atoms. The molecule has 0 spiro atoms. The molecule has 0 aliphatic carbocycles. The number of hydrogen-bond acceptors (Lipinski definition) is 2. The lowest BCUT2D eigenvalue weighted by Crippen LogP contribution is -2.41. The number of aryl methyl sites for hydroxylation is 1. The van der Waals surface area contributed by atoms with Crippen LogP contribution in [0.1, 0.15) is 24.5 Å². The van der Waals surface area contributed by atoms with Crippen LogP contribution in [0, 0.1) is 6.92 Å². The number of carbonyl (C=O) groups is 1. The Morgan fingerprint density at radius 1 is 1.33 bits per heavy atom. The van der Waals surface area contributed by atoms with E-state index in [2.05, 4.69) is 41.8 Å². The van der Waals surface area contributed by atoms with Crippen molar-refractivity contribution >= 4 is 6.03 Å². The number of aliphatic hydroxyl groups excluding tert-OH is 1. The van der Waals surface area contributed by atoms with Gasteiger partial charge in [0.25, 0.3) is 0 Å². The van der Waals surface area contributed by atoms with Crippen LogP contribution in [0.5, 0.6) is 0 Å². The highest BCUT2D eigenvalue weighted by atomic mass is 16.3. The first-order valence-electron chi connectivity index (χ1n) is 6.32. The molecular weight excluding hydrogens is 228 g/mol. The second kappa shape index (κ2) is 7.71. The molecule has 1 atom stereocenters. The van der Waals surface area contributed by atoms with Crippen molar-refractivity contribution in [3.8, 4) is 0 Å². The van der Waals surface area contributed by atoms with Crippen molar-refractivity contribution in [2.24, 2.45) is 0 Å². The minimum Gasteiger partial charge on any atom is -0.396 e. The van der Waals surface area contributed by atoms with Crippen LogP contribution in [0.2, 0.25) is 0 Å². The number of hydrogen-bond donors (Lipinski definition) is 3. The first-order valence-corrected chi connectivity index (χ1v) is 6.32. The van der Waals surface area contributed by atoms with E-state index in [4.69, 9.17) is 5.11 Å². The third-order valence-electron chi connectivity index (χ3n) is 2.76. The van der Waals surface area contributed by atoms with Gasteiger partial charge >= 0.3 is 6.03 Å². The quantitative estimate of drug-likeness (QED) is 0.718. The number of amides is 2. The molecule has 0 aromatic heterocycles. The summed E-state index contributed by atoms with van der Waals surface area (Å²) in [6.45, 7) is 4.62. The number of urea groups is 1. The lowest BCUT2D eigenvalue weighted by molar-refractivity contribution is 0.231. The van der Waals surface area contributed by atoms with Gasteiger partial charge in [-0.1, -0.05) is 29.8 Å². The van der Waals surface area contributed by atoms with Crippen molar-refractivity contribution in [1.82, 2.24) is 10.6 Å². The summed E-state index contributed by atoms with van der Waals surface area (Å²) in [7, 11) is 0.